The van der Waals surface area contributed by atoms with Crippen molar-refractivity contribution in [2.45, 2.75) is 55.4 Å². The van der Waals surface area contributed by atoms with E-state index in [4.69, 9.17) is 9.98 Å². The summed E-state index contributed by atoms with van der Waals surface area (Å²) in [5.74, 6) is 0. The Morgan fingerprint density at radius 1 is 0.594 bits per heavy atom. The standard InChI is InChI=1S/C26H31N3.2CH3.Fe/c1-15-11-17(3)25(18(4)12-15)27-21(7)23-9-10-24(29-23)22(8)28-26-19(5)13-16(2)14-20(26)6;;;/h9-14,29H,1-8H3;2*1H3;/q;2*-1;+2. The van der Waals surface area contributed by atoms with Crippen LogP contribution in [-0.4, -0.2) is 16.4 Å². The molecule has 0 amide bonds. The Morgan fingerprint density at radius 2 is 0.875 bits per heavy atom. The third-order valence-corrected chi connectivity index (χ3v) is 5.30. The molecule has 2 aromatic carbocycles. The molecule has 0 spiro atoms. The number of nitrogens with one attached hydrogen (secondary N) is 1. The van der Waals surface area contributed by atoms with Crippen molar-refractivity contribution in [1.29, 1.82) is 0 Å². The van der Waals surface area contributed by atoms with E-state index in [-0.39, 0.29) is 31.9 Å². The molecule has 0 saturated carbocycles. The van der Waals surface area contributed by atoms with Crippen molar-refractivity contribution in [3.8, 4) is 0 Å². The quantitative estimate of drug-likeness (QED) is 0.227. The minimum atomic E-state index is 0. The second kappa shape index (κ2) is 12.0. The van der Waals surface area contributed by atoms with E-state index in [1.807, 2.05) is 0 Å². The summed E-state index contributed by atoms with van der Waals surface area (Å²) in [5.41, 5.74) is 13.5. The average Bonchev–Trinajstić information content (AvgIpc) is 3.11. The Bertz CT molecular complexity index is 999. The molecule has 0 bridgehead atoms. The van der Waals surface area contributed by atoms with E-state index in [2.05, 4.69) is 96.8 Å². The molecule has 0 aliphatic carbocycles. The summed E-state index contributed by atoms with van der Waals surface area (Å²) >= 11 is 0. The third kappa shape index (κ3) is 6.54. The molecule has 0 aliphatic heterocycles. The maximum absolute atomic E-state index is 4.91. The average molecular weight is 471 g/mol. The first-order valence-electron chi connectivity index (χ1n) is 10.1. The Morgan fingerprint density at radius 3 is 1.16 bits per heavy atom. The number of hydrogen-bond acceptors (Lipinski definition) is 2. The van der Waals surface area contributed by atoms with Gasteiger partial charge in [-0.25, -0.2) is 0 Å². The summed E-state index contributed by atoms with van der Waals surface area (Å²) < 4.78 is 0. The van der Waals surface area contributed by atoms with E-state index < -0.39 is 0 Å². The van der Waals surface area contributed by atoms with E-state index in [0.717, 1.165) is 34.2 Å². The van der Waals surface area contributed by atoms with Gasteiger partial charge in [0.25, 0.3) is 0 Å². The number of aliphatic imine (C=N–C) groups is 2. The molecule has 0 atom stereocenters. The zero-order valence-electron chi connectivity index (χ0n) is 21.2. The fraction of sp³-hybridized carbons (Fsp3) is 0.286. The number of rotatable bonds is 4. The SMILES string of the molecule is CC(=Nc1c(C)cc(C)cc1C)c1ccc(C(C)=Nc2c(C)cc(C)cc2C)[nH]1.[CH3-].[CH3-].[Fe+2]. The van der Waals surface area contributed by atoms with Crippen LogP contribution in [0.4, 0.5) is 11.4 Å². The number of aromatic amines is 1. The van der Waals surface area contributed by atoms with Crippen LogP contribution in [0.3, 0.4) is 0 Å². The predicted octanol–water partition coefficient (Wildman–Crippen LogP) is 8.04. The third-order valence-electron chi connectivity index (χ3n) is 5.30. The zero-order chi connectivity index (χ0) is 21.3. The van der Waals surface area contributed by atoms with Crippen LogP contribution in [0.1, 0.15) is 58.6 Å². The number of aromatic nitrogens is 1. The Balaban J connectivity index is 0.00000320. The molecule has 3 aromatic rings. The van der Waals surface area contributed by atoms with Crippen LogP contribution in [-0.2, 0) is 17.1 Å². The molecule has 0 unspecified atom stereocenters. The fourth-order valence-electron chi connectivity index (χ4n) is 3.97. The van der Waals surface area contributed by atoms with Crippen LogP contribution in [0, 0.1) is 56.4 Å². The summed E-state index contributed by atoms with van der Waals surface area (Å²) in [6.45, 7) is 16.8. The van der Waals surface area contributed by atoms with E-state index in [9.17, 15) is 0 Å². The van der Waals surface area contributed by atoms with Crippen LogP contribution < -0.4 is 0 Å². The van der Waals surface area contributed by atoms with Gasteiger partial charge in [-0.1, -0.05) is 35.4 Å². The number of nitrogens with zero attached hydrogens (tertiary/aromatic N) is 2. The van der Waals surface area contributed by atoms with E-state index in [1.54, 1.807) is 0 Å². The van der Waals surface area contributed by atoms with E-state index in [0.29, 0.717) is 0 Å². The zero-order valence-corrected chi connectivity index (χ0v) is 22.3. The second-order valence-corrected chi connectivity index (χ2v) is 8.17. The van der Waals surface area contributed by atoms with Crippen molar-refractivity contribution in [3.05, 3.63) is 96.0 Å². The van der Waals surface area contributed by atoms with Gasteiger partial charge in [0, 0.05) is 0 Å². The number of H-pyrrole nitrogens is 1. The van der Waals surface area contributed by atoms with Gasteiger partial charge in [-0.05, 0) is 89.8 Å². The summed E-state index contributed by atoms with van der Waals surface area (Å²) in [5, 5.41) is 0. The van der Waals surface area contributed by atoms with Gasteiger partial charge in [-0.2, -0.15) is 0 Å². The van der Waals surface area contributed by atoms with Crippen molar-refractivity contribution >= 4 is 22.8 Å². The minimum absolute atomic E-state index is 0. The molecule has 0 aliphatic rings. The Kier molecular flexibility index (Phi) is 11.1. The monoisotopic (exact) mass is 471 g/mol. The summed E-state index contributed by atoms with van der Waals surface area (Å²) in [6.07, 6.45) is 0. The maximum Gasteiger partial charge on any atom is 2.00 e. The fourth-order valence-corrected chi connectivity index (χ4v) is 3.97. The summed E-state index contributed by atoms with van der Waals surface area (Å²) in [7, 11) is 0. The van der Waals surface area contributed by atoms with E-state index in [1.165, 1.54) is 33.4 Å². The smallest absolute Gasteiger partial charge is 0.358 e. The van der Waals surface area contributed by atoms with Gasteiger partial charge < -0.3 is 19.8 Å². The van der Waals surface area contributed by atoms with Gasteiger partial charge in [0.1, 0.15) is 0 Å². The molecule has 0 radical (unpaired) electrons. The topological polar surface area (TPSA) is 40.5 Å². The van der Waals surface area contributed by atoms with Crippen molar-refractivity contribution in [2.75, 3.05) is 0 Å². The summed E-state index contributed by atoms with van der Waals surface area (Å²) in [4.78, 5) is 13.3. The molecule has 1 N–H and O–H groups in total. The van der Waals surface area contributed by atoms with Gasteiger partial charge in [0.15, 0.2) is 0 Å². The molecule has 1 aromatic heterocycles. The molecule has 3 rings (SSSR count). The minimum Gasteiger partial charge on any atom is -0.358 e. The van der Waals surface area contributed by atoms with Crippen molar-refractivity contribution in [1.82, 2.24) is 4.98 Å². The van der Waals surface area contributed by atoms with Crippen molar-refractivity contribution < 1.29 is 17.1 Å². The predicted molar refractivity (Wildman–Crippen MR) is 139 cm³/mol. The van der Waals surface area contributed by atoms with Gasteiger partial charge in [0.05, 0.1) is 34.2 Å². The van der Waals surface area contributed by atoms with Crippen LogP contribution >= 0.6 is 0 Å². The normalized spacial score (nSPS) is 11.4. The summed E-state index contributed by atoms with van der Waals surface area (Å²) in [6, 6.07) is 12.9. The molecule has 0 fully saturated rings. The largest absolute Gasteiger partial charge is 2.00 e. The molecule has 3 nitrogen and oxygen atoms in total. The van der Waals surface area contributed by atoms with Gasteiger partial charge >= 0.3 is 17.1 Å². The molecule has 0 saturated heterocycles. The van der Waals surface area contributed by atoms with Gasteiger partial charge in [0.2, 0.25) is 0 Å². The van der Waals surface area contributed by atoms with E-state index >= 15 is 0 Å². The van der Waals surface area contributed by atoms with Crippen LogP contribution in [0.15, 0.2) is 46.4 Å². The first kappa shape index (κ1) is 29.6. The number of aryl methyl sites for hydroxylation is 6. The van der Waals surface area contributed by atoms with Crippen LogP contribution in [0.2, 0.25) is 0 Å². The Labute approximate surface area is 206 Å². The number of benzene rings is 2. The molecular formula is C28H37FeN3. The Hall–Kier alpha value is -2.42. The van der Waals surface area contributed by atoms with Crippen molar-refractivity contribution in [3.63, 3.8) is 0 Å². The van der Waals surface area contributed by atoms with Gasteiger partial charge in [-0.3, -0.25) is 9.98 Å². The molecular weight excluding hydrogens is 434 g/mol. The van der Waals surface area contributed by atoms with Crippen LogP contribution in [0.5, 0.6) is 0 Å². The number of hydrogen-bond donors (Lipinski definition) is 1. The molecule has 32 heavy (non-hydrogen) atoms. The second-order valence-electron chi connectivity index (χ2n) is 8.17. The molecule has 172 valence electrons. The van der Waals surface area contributed by atoms with Gasteiger partial charge in [-0.15, -0.1) is 0 Å². The maximum atomic E-state index is 4.91. The van der Waals surface area contributed by atoms with Crippen LogP contribution in [0.25, 0.3) is 0 Å². The first-order chi connectivity index (χ1) is 13.7. The first-order valence-corrected chi connectivity index (χ1v) is 10.1. The molecule has 1 heterocycles. The molecule has 4 heteroatoms. The van der Waals surface area contributed by atoms with Crippen molar-refractivity contribution in [2.24, 2.45) is 9.98 Å².